The molecule has 2 heterocycles. The van der Waals surface area contributed by atoms with Crippen molar-refractivity contribution < 1.29 is 4.74 Å². The van der Waals surface area contributed by atoms with Crippen LogP contribution in [0.25, 0.3) is 0 Å². The highest BCUT2D eigenvalue weighted by Crippen LogP contribution is 2.19. The first kappa shape index (κ1) is 15.4. The highest BCUT2D eigenvalue weighted by molar-refractivity contribution is 5.21. The summed E-state index contributed by atoms with van der Waals surface area (Å²) < 4.78 is 7.48. The minimum absolute atomic E-state index is 0.300. The van der Waals surface area contributed by atoms with Crippen molar-refractivity contribution in [2.24, 2.45) is 0 Å². The molecule has 0 amide bonds. The van der Waals surface area contributed by atoms with Crippen LogP contribution in [-0.2, 0) is 6.54 Å². The number of rotatable bonds is 6. The molecule has 0 aromatic carbocycles. The van der Waals surface area contributed by atoms with E-state index in [4.69, 9.17) is 4.74 Å². The Morgan fingerprint density at radius 3 is 2.57 bits per heavy atom. The third-order valence-electron chi connectivity index (χ3n) is 3.08. The first-order valence-corrected chi connectivity index (χ1v) is 7.23. The SMILES string of the molecule is Cc1nc(Oc2cnn(C(C)C)c2)ncc1CNC(C)C. The summed E-state index contributed by atoms with van der Waals surface area (Å²) in [6.07, 6.45) is 5.32. The van der Waals surface area contributed by atoms with E-state index in [1.165, 1.54) is 0 Å². The van der Waals surface area contributed by atoms with E-state index in [2.05, 4.69) is 48.1 Å². The Labute approximate surface area is 125 Å². The molecule has 1 N–H and O–H groups in total. The van der Waals surface area contributed by atoms with Crippen molar-refractivity contribution in [1.82, 2.24) is 25.1 Å². The molecule has 0 aliphatic rings. The molecule has 0 saturated carbocycles. The standard InChI is InChI=1S/C15H23N5O/c1-10(2)16-6-13-7-17-15(19-12(13)5)21-14-8-18-20(9-14)11(3)4/h7-11,16H,6H2,1-5H3. The molecule has 0 unspecified atom stereocenters. The molecule has 0 atom stereocenters. The molecule has 0 radical (unpaired) electrons. The van der Waals surface area contributed by atoms with Crippen LogP contribution in [0.3, 0.4) is 0 Å². The van der Waals surface area contributed by atoms with Gasteiger partial charge in [-0.3, -0.25) is 4.68 Å². The zero-order valence-corrected chi connectivity index (χ0v) is 13.3. The summed E-state index contributed by atoms with van der Waals surface area (Å²) >= 11 is 0. The van der Waals surface area contributed by atoms with Crippen molar-refractivity contribution in [3.63, 3.8) is 0 Å². The van der Waals surface area contributed by atoms with Crippen molar-refractivity contribution in [3.8, 4) is 11.8 Å². The second-order valence-corrected chi connectivity index (χ2v) is 5.65. The van der Waals surface area contributed by atoms with Gasteiger partial charge in [0.25, 0.3) is 0 Å². The molecule has 21 heavy (non-hydrogen) atoms. The number of ether oxygens (including phenoxy) is 1. The average molecular weight is 289 g/mol. The van der Waals surface area contributed by atoms with Gasteiger partial charge in [-0.15, -0.1) is 0 Å². The maximum Gasteiger partial charge on any atom is 0.322 e. The average Bonchev–Trinajstić information content (AvgIpc) is 2.86. The van der Waals surface area contributed by atoms with Crippen LogP contribution in [0.5, 0.6) is 11.8 Å². The summed E-state index contributed by atoms with van der Waals surface area (Å²) in [4.78, 5) is 8.65. The van der Waals surface area contributed by atoms with Gasteiger partial charge in [0, 0.05) is 36.1 Å². The van der Waals surface area contributed by atoms with E-state index in [0.29, 0.717) is 23.8 Å². The van der Waals surface area contributed by atoms with E-state index >= 15 is 0 Å². The van der Waals surface area contributed by atoms with Crippen LogP contribution in [0.4, 0.5) is 0 Å². The fourth-order valence-electron chi connectivity index (χ4n) is 1.77. The normalized spacial score (nSPS) is 11.4. The zero-order valence-electron chi connectivity index (χ0n) is 13.3. The van der Waals surface area contributed by atoms with E-state index in [1.54, 1.807) is 12.4 Å². The molecule has 6 nitrogen and oxygen atoms in total. The Morgan fingerprint density at radius 1 is 1.24 bits per heavy atom. The summed E-state index contributed by atoms with van der Waals surface area (Å²) in [7, 11) is 0. The summed E-state index contributed by atoms with van der Waals surface area (Å²) in [6, 6.07) is 1.08. The van der Waals surface area contributed by atoms with Gasteiger partial charge in [-0.1, -0.05) is 13.8 Å². The van der Waals surface area contributed by atoms with Crippen LogP contribution >= 0.6 is 0 Å². The molecule has 2 aromatic rings. The third kappa shape index (κ3) is 4.26. The van der Waals surface area contributed by atoms with Crippen LogP contribution in [0.15, 0.2) is 18.6 Å². The maximum absolute atomic E-state index is 5.64. The highest BCUT2D eigenvalue weighted by atomic mass is 16.5. The van der Waals surface area contributed by atoms with Crippen molar-refractivity contribution in [2.75, 3.05) is 0 Å². The molecular weight excluding hydrogens is 266 g/mol. The van der Waals surface area contributed by atoms with Crippen molar-refractivity contribution in [2.45, 2.75) is 53.2 Å². The zero-order chi connectivity index (χ0) is 15.4. The van der Waals surface area contributed by atoms with E-state index in [-0.39, 0.29) is 0 Å². The minimum Gasteiger partial charge on any atom is -0.421 e. The monoisotopic (exact) mass is 289 g/mol. The number of aryl methyl sites for hydroxylation is 1. The Bertz CT molecular complexity index is 591. The quantitative estimate of drug-likeness (QED) is 0.886. The molecule has 6 heteroatoms. The van der Waals surface area contributed by atoms with Crippen LogP contribution in [0.1, 0.15) is 45.0 Å². The Morgan fingerprint density at radius 2 is 2.00 bits per heavy atom. The molecule has 0 bridgehead atoms. The van der Waals surface area contributed by atoms with Crippen LogP contribution in [0, 0.1) is 6.92 Å². The van der Waals surface area contributed by atoms with Crippen LogP contribution in [-0.4, -0.2) is 25.8 Å². The van der Waals surface area contributed by atoms with Gasteiger partial charge in [0.2, 0.25) is 0 Å². The molecular formula is C15H23N5O. The summed E-state index contributed by atoms with van der Waals surface area (Å²) in [5, 5.41) is 7.58. The number of aromatic nitrogens is 4. The largest absolute Gasteiger partial charge is 0.421 e. The first-order chi connectivity index (χ1) is 9.95. The van der Waals surface area contributed by atoms with E-state index in [0.717, 1.165) is 17.8 Å². The lowest BCUT2D eigenvalue weighted by molar-refractivity contribution is 0.436. The van der Waals surface area contributed by atoms with Gasteiger partial charge in [0.05, 0.1) is 12.4 Å². The lowest BCUT2D eigenvalue weighted by atomic mass is 10.2. The number of nitrogens with one attached hydrogen (secondary N) is 1. The topological polar surface area (TPSA) is 64.9 Å². The highest BCUT2D eigenvalue weighted by Gasteiger charge is 2.08. The van der Waals surface area contributed by atoms with Crippen molar-refractivity contribution in [1.29, 1.82) is 0 Å². The predicted octanol–water partition coefficient (Wildman–Crippen LogP) is 2.85. The Hall–Kier alpha value is -1.95. The summed E-state index contributed by atoms with van der Waals surface area (Å²) in [5.74, 6) is 0.649. The molecule has 0 spiro atoms. The second kappa shape index (κ2) is 6.67. The fraction of sp³-hybridized carbons (Fsp3) is 0.533. The summed E-state index contributed by atoms with van der Waals surface area (Å²) in [5.41, 5.74) is 2.00. The molecule has 114 valence electrons. The molecule has 2 rings (SSSR count). The lowest BCUT2D eigenvalue weighted by Gasteiger charge is -2.10. The van der Waals surface area contributed by atoms with Crippen LogP contribution < -0.4 is 10.1 Å². The molecule has 0 aliphatic carbocycles. The van der Waals surface area contributed by atoms with Gasteiger partial charge in [-0.05, 0) is 20.8 Å². The minimum atomic E-state index is 0.300. The number of hydrogen-bond donors (Lipinski definition) is 1. The number of nitrogens with zero attached hydrogens (tertiary/aromatic N) is 4. The lowest BCUT2D eigenvalue weighted by Crippen LogP contribution is -2.22. The van der Waals surface area contributed by atoms with Gasteiger partial charge in [0.1, 0.15) is 0 Å². The maximum atomic E-state index is 5.64. The van der Waals surface area contributed by atoms with Gasteiger partial charge in [0.15, 0.2) is 5.75 Å². The Kier molecular flexibility index (Phi) is 4.90. The molecule has 0 aliphatic heterocycles. The van der Waals surface area contributed by atoms with E-state index in [1.807, 2.05) is 17.8 Å². The molecule has 0 fully saturated rings. The van der Waals surface area contributed by atoms with E-state index in [9.17, 15) is 0 Å². The number of hydrogen-bond acceptors (Lipinski definition) is 5. The van der Waals surface area contributed by atoms with Gasteiger partial charge >= 0.3 is 6.01 Å². The van der Waals surface area contributed by atoms with Gasteiger partial charge < -0.3 is 10.1 Å². The first-order valence-electron chi connectivity index (χ1n) is 7.23. The van der Waals surface area contributed by atoms with Crippen molar-refractivity contribution in [3.05, 3.63) is 29.8 Å². The molecule has 2 aromatic heterocycles. The fourth-order valence-corrected chi connectivity index (χ4v) is 1.77. The van der Waals surface area contributed by atoms with Crippen LogP contribution in [0.2, 0.25) is 0 Å². The third-order valence-corrected chi connectivity index (χ3v) is 3.08. The Balaban J connectivity index is 2.05. The van der Waals surface area contributed by atoms with Gasteiger partial charge in [-0.25, -0.2) is 4.98 Å². The predicted molar refractivity (Wildman–Crippen MR) is 81.4 cm³/mol. The summed E-state index contributed by atoms with van der Waals surface area (Å²) in [6.45, 7) is 11.1. The van der Waals surface area contributed by atoms with Gasteiger partial charge in [-0.2, -0.15) is 10.1 Å². The van der Waals surface area contributed by atoms with E-state index < -0.39 is 0 Å². The smallest absolute Gasteiger partial charge is 0.322 e. The van der Waals surface area contributed by atoms with Crippen molar-refractivity contribution >= 4 is 0 Å². The molecule has 0 saturated heterocycles. The second-order valence-electron chi connectivity index (χ2n) is 5.65.